The van der Waals surface area contributed by atoms with Gasteiger partial charge < -0.3 is 129 Å². The van der Waals surface area contributed by atoms with Crippen LogP contribution in [0.1, 0.15) is 153 Å². The van der Waals surface area contributed by atoms with Gasteiger partial charge in [0.1, 0.15) is 42.5 Å². The molecular formula is C76H121N18O26P. The number of carbonyl (C=O) groups excluding carboxylic acids is 14. The van der Waals surface area contributed by atoms with Crippen molar-refractivity contribution in [1.29, 1.82) is 0 Å². The number of aliphatic hydroxyl groups is 2. The number of unbranched alkanes of at least 4 members (excludes halogenated alkanes) is 3. The maximum absolute atomic E-state index is 13.9. The molecule has 1 aromatic heterocycles. The van der Waals surface area contributed by atoms with Crippen LogP contribution in [-0.4, -0.2) is 263 Å². The third-order valence-electron chi connectivity index (χ3n) is 17.9. The molecule has 45 heteroatoms. The first kappa shape index (κ1) is 104. The summed E-state index contributed by atoms with van der Waals surface area (Å²) in [6, 6.07) is 5.31. The third-order valence-corrected chi connectivity index (χ3v) is 19.4. The molecule has 0 fully saturated rings. The van der Waals surface area contributed by atoms with E-state index < -0.39 is 140 Å². The quantitative estimate of drug-likeness (QED) is 0.0172. The highest BCUT2D eigenvalue weighted by Gasteiger charge is 2.40. The van der Waals surface area contributed by atoms with Gasteiger partial charge >= 0.3 is 31.6 Å². The number of aliphatic hydroxyl groups excluding tert-OH is 1. The number of benzene rings is 2. The monoisotopic (exact) mass is 1730 g/mol. The molecule has 3 aromatic rings. The predicted molar refractivity (Wildman–Crippen MR) is 434 cm³/mol. The van der Waals surface area contributed by atoms with Crippen LogP contribution in [0.5, 0.6) is 0 Å². The number of nitrogens with zero attached hydrogens (tertiary/aromatic N) is 3. The maximum Gasteiger partial charge on any atom is 0.356 e. The number of anilines is 2. The van der Waals surface area contributed by atoms with Crippen LogP contribution in [0.25, 0.3) is 0 Å². The Morgan fingerprint density at radius 2 is 1.03 bits per heavy atom. The maximum atomic E-state index is 13.9. The molecule has 0 aliphatic carbocycles. The molecule has 0 saturated heterocycles. The first-order valence-corrected chi connectivity index (χ1v) is 41.5. The number of aliphatic carboxylic acids is 1. The summed E-state index contributed by atoms with van der Waals surface area (Å²) in [6.45, 7) is 7.33. The fraction of sp³-hybridized carbons (Fsp3) is 0.618. The second kappa shape index (κ2) is 59.0. The van der Waals surface area contributed by atoms with Gasteiger partial charge in [-0.1, -0.05) is 49.4 Å². The van der Waals surface area contributed by atoms with Gasteiger partial charge in [-0.05, 0) is 120 Å². The van der Waals surface area contributed by atoms with E-state index in [0.29, 0.717) is 61.4 Å². The molecule has 44 nitrogen and oxygen atoms in total. The van der Waals surface area contributed by atoms with E-state index >= 15 is 0 Å². The molecule has 3 rings (SSSR count). The number of rotatable bonds is 65. The number of amides is 15. The summed E-state index contributed by atoms with van der Waals surface area (Å²) in [7, 11) is -4.70. The Bertz CT molecular complexity index is 3830. The number of esters is 1. The molecule has 121 heavy (non-hydrogen) atoms. The number of carboxylic acid groups (broad SMARTS) is 1. The number of aromatic nitrogens is 3. The van der Waals surface area contributed by atoms with Crippen molar-refractivity contribution in [3.63, 3.8) is 0 Å². The highest BCUT2D eigenvalue weighted by molar-refractivity contribution is 7.53. The van der Waals surface area contributed by atoms with E-state index in [9.17, 15) is 102 Å². The number of carboxylic acids is 1. The highest BCUT2D eigenvalue weighted by Crippen LogP contribution is 2.51. The van der Waals surface area contributed by atoms with Crippen LogP contribution in [0, 0.1) is 12.8 Å². The number of nitrogens with two attached hydrogens (primary N) is 2. The number of hydrogen-bond donors (Lipinski definition) is 20. The van der Waals surface area contributed by atoms with Gasteiger partial charge in [0, 0.05) is 102 Å². The Hall–Kier alpha value is -10.9. The van der Waals surface area contributed by atoms with Crippen molar-refractivity contribution in [2.45, 2.75) is 198 Å². The van der Waals surface area contributed by atoms with Gasteiger partial charge in [0.05, 0.1) is 72.1 Å². The van der Waals surface area contributed by atoms with E-state index in [-0.39, 0.29) is 193 Å². The minimum Gasteiger partial charge on any atom is -0.481 e. The lowest BCUT2D eigenvalue weighted by Crippen LogP contribution is -2.60. The van der Waals surface area contributed by atoms with Crippen LogP contribution in [0.15, 0.2) is 54.7 Å². The number of aryl methyl sites for hydroxylation is 2. The van der Waals surface area contributed by atoms with Crippen LogP contribution >= 0.6 is 7.60 Å². The Labute approximate surface area is 700 Å². The largest absolute Gasteiger partial charge is 0.481 e. The second-order valence-electron chi connectivity index (χ2n) is 28.5. The fourth-order valence-electron chi connectivity index (χ4n) is 11.0. The zero-order chi connectivity index (χ0) is 89.6. The van der Waals surface area contributed by atoms with E-state index in [2.05, 4.69) is 79.4 Å². The first-order chi connectivity index (χ1) is 57.5. The van der Waals surface area contributed by atoms with Crippen molar-refractivity contribution in [2.24, 2.45) is 17.4 Å². The molecule has 2 aromatic carbocycles. The van der Waals surface area contributed by atoms with Crippen molar-refractivity contribution < 1.29 is 125 Å². The van der Waals surface area contributed by atoms with Crippen molar-refractivity contribution in [1.82, 2.24) is 73.5 Å². The van der Waals surface area contributed by atoms with Crippen LogP contribution in [0.4, 0.5) is 21.0 Å². The van der Waals surface area contributed by atoms with E-state index in [0.717, 1.165) is 12.5 Å². The number of ether oxygens (including phenoxy) is 5. The normalized spacial score (nSPS) is 12.9. The summed E-state index contributed by atoms with van der Waals surface area (Å²) in [4.78, 5) is 208. The van der Waals surface area contributed by atoms with E-state index in [1.165, 1.54) is 0 Å². The molecule has 0 aliphatic rings. The summed E-state index contributed by atoms with van der Waals surface area (Å²) in [5, 5.41) is 69.0. The first-order valence-electron chi connectivity index (χ1n) is 39.9. The molecule has 0 spiro atoms. The third kappa shape index (κ3) is 47.7. The number of primary amides is 2. The van der Waals surface area contributed by atoms with Crippen LogP contribution < -0.4 is 80.6 Å². The molecular weight excluding hydrogens is 1610 g/mol. The topological polar surface area (TPSA) is 660 Å². The summed E-state index contributed by atoms with van der Waals surface area (Å²) >= 11 is 0. The van der Waals surface area contributed by atoms with Crippen molar-refractivity contribution in [3.8, 4) is 0 Å². The Kier molecular flexibility index (Phi) is 50.8. The van der Waals surface area contributed by atoms with Crippen LogP contribution in [0.2, 0.25) is 0 Å². The van der Waals surface area contributed by atoms with Gasteiger partial charge in [-0.2, -0.15) is 0 Å². The molecule has 1 heterocycles. The lowest BCUT2D eigenvalue weighted by Gasteiger charge is -2.26. The lowest BCUT2D eigenvalue weighted by atomic mass is 10.0. The van der Waals surface area contributed by atoms with Gasteiger partial charge in [-0.15, -0.1) is 5.10 Å². The van der Waals surface area contributed by atoms with Crippen LogP contribution in [0.3, 0.4) is 0 Å². The number of nitrogens with one attached hydrogen (secondary N) is 13. The number of hydrogen-bond acceptors (Lipinski definition) is 25. The zero-order valence-electron chi connectivity index (χ0n) is 68.9. The molecule has 6 atom stereocenters. The van der Waals surface area contributed by atoms with Gasteiger partial charge in [-0.25, -0.2) is 9.59 Å². The summed E-state index contributed by atoms with van der Waals surface area (Å²) in [5.74, 6) is -9.32. The second-order valence-corrected chi connectivity index (χ2v) is 30.6. The van der Waals surface area contributed by atoms with Crippen LogP contribution in [-0.2, 0) is 110 Å². The molecule has 0 saturated carbocycles. The fourth-order valence-corrected chi connectivity index (χ4v) is 11.5. The molecule has 676 valence electrons. The molecule has 0 bridgehead atoms. The van der Waals surface area contributed by atoms with E-state index in [4.69, 9.17) is 35.2 Å². The molecule has 0 aliphatic heterocycles. The molecule has 1 unspecified atom stereocenters. The average Bonchev–Trinajstić information content (AvgIpc) is 1.72. The van der Waals surface area contributed by atoms with Gasteiger partial charge in [0.25, 0.3) is 0 Å². The smallest absolute Gasteiger partial charge is 0.356 e. The standard InChI is InChI=1S/C76H121N18O26P/c1-50(2)68(91-72(108)59(48-95)89-71(107)58(24-29-66(102)103)88-70(106)57(17-13-32-84-74(78)110)87-65(101)46-52-20-22-53(23-21-52)85-75(111)90-55-15-6-5-14-51(55)3)73(109)83-36-41-119-45-44-118-39-34-81-62(98)26-25-61(97)80-33-38-116-42-43-117-40-35-82-63(99)27-28-64(100)86-56(69(77)105)16-8-11-31-79-60(96)18-9-12-37-94-47-54(92-93-94)49-120-67(104)19-7-10-30-76(4,112)121(113,114)115/h5-6,14-15,20-23,47,50,56-59,68,95,112H,7-13,16-19,24-46,48-49H2,1-4H3,(H2,77,105)(H,79,96)(H,80,97)(H,81,98)(H,82,99)(H,83,109)(H,86,100)(H,87,101)(H,88,106)(H,89,107)(H,91,108)(H,102,103)(H3,78,84,110)(H2,85,90,111)(H2,113,114,115)/t56-,57-,58-,59-,68-,76?/m0/s1. The van der Waals surface area contributed by atoms with Crippen molar-refractivity contribution >= 4 is 108 Å². The van der Waals surface area contributed by atoms with Crippen molar-refractivity contribution in [2.75, 3.05) is 109 Å². The number of carbonyl (C=O) groups is 15. The van der Waals surface area contributed by atoms with E-state index in [1.54, 1.807) is 61.1 Å². The predicted octanol–water partition coefficient (Wildman–Crippen LogP) is -1.62. The molecule has 22 N–H and O–H groups in total. The van der Waals surface area contributed by atoms with Crippen molar-refractivity contribution in [3.05, 3.63) is 71.5 Å². The summed E-state index contributed by atoms with van der Waals surface area (Å²) in [6.07, 6.45) is 2.58. The van der Waals surface area contributed by atoms with Gasteiger partial charge in [0.15, 0.2) is 5.34 Å². The van der Waals surface area contributed by atoms with E-state index in [1.807, 2.05) is 19.1 Å². The molecule has 0 radical (unpaired) electrons. The number of para-hydroxylation sites is 1. The highest BCUT2D eigenvalue weighted by atomic mass is 31.2. The summed E-state index contributed by atoms with van der Waals surface area (Å²) < 4.78 is 39.9. The average molecular weight is 1730 g/mol. The summed E-state index contributed by atoms with van der Waals surface area (Å²) in [5.41, 5.74) is 13.5. The van der Waals surface area contributed by atoms with Gasteiger partial charge in [0.2, 0.25) is 65.0 Å². The zero-order valence-corrected chi connectivity index (χ0v) is 69.8. The molecule has 15 amide bonds. The minimum atomic E-state index is -4.70. The lowest BCUT2D eigenvalue weighted by molar-refractivity contribution is -0.145. The SMILES string of the molecule is Cc1ccccc1NC(=O)Nc1ccc(CC(=O)N[C@@H](CCCNC(N)=O)C(=O)N[C@@H](CCC(=O)O)C(=O)N[C@@H](CO)C(=O)N[C@H](C(=O)NCCOCCOCCNC(=O)CCC(=O)NCCOCCOCCNC(=O)CCC(=O)N[C@@H](CCCCNC(=O)CCCCn2cc(COC(=O)CCCCC(C)(O)P(=O)(O)O)nn2)C(N)=O)C(C)C)cc1. The Balaban J connectivity index is 1.20. The Morgan fingerprint density at radius 1 is 0.521 bits per heavy atom. The minimum absolute atomic E-state index is 0.00492. The number of urea groups is 2. The van der Waals surface area contributed by atoms with Gasteiger partial charge in [-0.3, -0.25) is 71.6 Å². The Morgan fingerprint density at radius 3 is 1.59 bits per heavy atom.